The van der Waals surface area contributed by atoms with E-state index in [1.54, 1.807) is 25.5 Å². The van der Waals surface area contributed by atoms with E-state index < -0.39 is 34.9 Å². The normalized spacial score (nSPS) is 37.6. The lowest BCUT2D eigenvalue weighted by molar-refractivity contribution is -0.118. The van der Waals surface area contributed by atoms with Crippen LogP contribution in [0.25, 0.3) is 0 Å². The molecule has 1 unspecified atom stereocenters. The molecule has 6 atom stereocenters. The van der Waals surface area contributed by atoms with Gasteiger partial charge in [-0.2, -0.15) is 0 Å². The van der Waals surface area contributed by atoms with E-state index in [2.05, 4.69) is 19.7 Å². The monoisotopic (exact) mass is 483 g/mol. The van der Waals surface area contributed by atoms with Gasteiger partial charge < -0.3 is 29.7 Å². The number of hydrogen-bond donors (Lipinski definition) is 3. The van der Waals surface area contributed by atoms with Crippen molar-refractivity contribution in [2.45, 2.75) is 51.4 Å². The minimum absolute atomic E-state index is 0.171. The van der Waals surface area contributed by atoms with E-state index in [-0.39, 0.29) is 18.3 Å². The van der Waals surface area contributed by atoms with Crippen molar-refractivity contribution in [2.24, 2.45) is 16.7 Å². The molecule has 4 aliphatic rings. The molecule has 0 spiro atoms. The van der Waals surface area contributed by atoms with E-state index in [4.69, 9.17) is 9.47 Å². The molecule has 2 fully saturated rings. The van der Waals surface area contributed by atoms with Gasteiger partial charge in [0.25, 0.3) is 0 Å². The summed E-state index contributed by atoms with van der Waals surface area (Å²) in [5.74, 6) is -0.805. The zero-order chi connectivity index (χ0) is 25.7. The van der Waals surface area contributed by atoms with Crippen molar-refractivity contribution in [3.05, 3.63) is 71.9 Å². The quantitative estimate of drug-likeness (QED) is 0.478. The molecular weight excluding hydrogens is 446 g/mol. The first kappa shape index (κ1) is 25.5. The van der Waals surface area contributed by atoms with Gasteiger partial charge in [0.15, 0.2) is 5.76 Å². The molecule has 3 aliphatic carbocycles. The highest BCUT2D eigenvalue weighted by Crippen LogP contribution is 2.63. The second-order valence-electron chi connectivity index (χ2n) is 10.5. The van der Waals surface area contributed by atoms with Crippen molar-refractivity contribution in [1.82, 2.24) is 4.90 Å². The summed E-state index contributed by atoms with van der Waals surface area (Å²) in [6.45, 7) is 16.7. The Kier molecular flexibility index (Phi) is 6.64. The van der Waals surface area contributed by atoms with Gasteiger partial charge in [0, 0.05) is 48.5 Å². The molecule has 1 saturated heterocycles. The molecule has 1 heterocycles. The lowest BCUT2D eigenvalue weighted by atomic mass is 9.53. The summed E-state index contributed by atoms with van der Waals surface area (Å²) in [5, 5.41) is 33.8. The van der Waals surface area contributed by atoms with Crippen molar-refractivity contribution in [3.8, 4) is 0 Å². The maximum Gasteiger partial charge on any atom is 0.224 e. The Morgan fingerprint density at radius 3 is 2.46 bits per heavy atom. The summed E-state index contributed by atoms with van der Waals surface area (Å²) in [7, 11) is 1.56. The van der Waals surface area contributed by atoms with Crippen LogP contribution in [-0.2, 0) is 14.3 Å². The van der Waals surface area contributed by atoms with Crippen LogP contribution in [0, 0.1) is 16.7 Å². The number of ether oxygens (including phenoxy) is 2. The number of carbonyl (C=O) groups excluding carboxylic acids is 1. The number of carbonyl (C=O) groups is 1. The number of aliphatic hydroxyl groups excluding tert-OH is 3. The van der Waals surface area contributed by atoms with Crippen molar-refractivity contribution >= 4 is 5.78 Å². The minimum Gasteiger partial charge on any atom is -0.504 e. The summed E-state index contributed by atoms with van der Waals surface area (Å²) < 4.78 is 11.8. The first-order valence-electron chi connectivity index (χ1n) is 12.2. The second-order valence-corrected chi connectivity index (χ2v) is 10.5. The largest absolute Gasteiger partial charge is 0.504 e. The van der Waals surface area contributed by atoms with Gasteiger partial charge in [-0.05, 0) is 37.7 Å². The highest BCUT2D eigenvalue weighted by Gasteiger charge is 2.62. The average Bonchev–Trinajstić information content (AvgIpc) is 3.09. The molecule has 0 aromatic carbocycles. The Hall–Kier alpha value is -2.61. The summed E-state index contributed by atoms with van der Waals surface area (Å²) in [6.07, 6.45) is 4.56. The topological polar surface area (TPSA) is 99.5 Å². The molecular formula is C28H37NO6. The van der Waals surface area contributed by atoms with Crippen LogP contribution in [0.1, 0.15) is 33.1 Å². The Labute approximate surface area is 207 Å². The smallest absolute Gasteiger partial charge is 0.224 e. The first-order chi connectivity index (χ1) is 16.6. The highest BCUT2D eigenvalue weighted by molar-refractivity contribution is 6.11. The molecule has 3 N–H and O–H groups in total. The van der Waals surface area contributed by atoms with Crippen molar-refractivity contribution in [3.63, 3.8) is 0 Å². The molecule has 0 radical (unpaired) electrons. The van der Waals surface area contributed by atoms with Crippen LogP contribution in [0.5, 0.6) is 0 Å². The number of aliphatic hydroxyl groups is 3. The Balaban J connectivity index is 1.96. The molecule has 0 amide bonds. The molecule has 35 heavy (non-hydrogen) atoms. The number of Topliss-reactive ketones (excluding diaryl/α,β-unsaturated/α-hetero) is 1. The number of allylic oxidation sites excluding steroid dienone is 2. The van der Waals surface area contributed by atoms with E-state index >= 15 is 0 Å². The Bertz CT molecular complexity index is 1040. The maximum atomic E-state index is 13.8. The number of nitrogens with zero attached hydrogens (tertiary/aromatic N) is 1. The van der Waals surface area contributed by atoms with Crippen LogP contribution in [0.2, 0.25) is 0 Å². The zero-order valence-corrected chi connectivity index (χ0v) is 20.9. The fourth-order valence-corrected chi connectivity index (χ4v) is 6.80. The number of rotatable bonds is 7. The molecule has 0 aromatic heterocycles. The Morgan fingerprint density at radius 2 is 1.86 bits per heavy atom. The van der Waals surface area contributed by atoms with Crippen LogP contribution < -0.4 is 0 Å². The van der Waals surface area contributed by atoms with E-state index in [0.717, 1.165) is 0 Å². The zero-order valence-electron chi connectivity index (χ0n) is 20.9. The average molecular weight is 484 g/mol. The molecule has 1 aliphatic heterocycles. The summed E-state index contributed by atoms with van der Waals surface area (Å²) >= 11 is 0. The van der Waals surface area contributed by atoms with Crippen molar-refractivity contribution < 1.29 is 29.6 Å². The molecule has 7 nitrogen and oxygen atoms in total. The third-order valence-electron chi connectivity index (χ3n) is 8.52. The van der Waals surface area contributed by atoms with E-state index in [1.165, 1.54) is 0 Å². The van der Waals surface area contributed by atoms with Crippen LogP contribution >= 0.6 is 0 Å². The van der Waals surface area contributed by atoms with E-state index in [9.17, 15) is 20.1 Å². The molecule has 190 valence electrons. The van der Waals surface area contributed by atoms with Gasteiger partial charge in [-0.1, -0.05) is 25.7 Å². The Morgan fingerprint density at radius 1 is 1.20 bits per heavy atom. The predicted octanol–water partition coefficient (Wildman–Crippen LogP) is 3.34. The number of methoxy groups -OCH3 is 1. The van der Waals surface area contributed by atoms with E-state index in [1.807, 2.05) is 18.7 Å². The fraction of sp³-hybridized carbons (Fsp3) is 0.536. The van der Waals surface area contributed by atoms with Crippen molar-refractivity contribution in [2.75, 3.05) is 26.8 Å². The van der Waals surface area contributed by atoms with Gasteiger partial charge in [-0.3, -0.25) is 4.79 Å². The van der Waals surface area contributed by atoms with Crippen LogP contribution in [0.15, 0.2) is 71.9 Å². The van der Waals surface area contributed by atoms with Crippen LogP contribution in [0.4, 0.5) is 0 Å². The highest BCUT2D eigenvalue weighted by atomic mass is 16.5. The van der Waals surface area contributed by atoms with Gasteiger partial charge in [0.05, 0.1) is 24.2 Å². The van der Waals surface area contributed by atoms with Crippen LogP contribution in [-0.4, -0.2) is 71.1 Å². The number of fused-ring (bicyclic) bond motifs is 4. The van der Waals surface area contributed by atoms with Gasteiger partial charge in [-0.15, -0.1) is 13.2 Å². The number of ketones is 1. The third-order valence-corrected chi connectivity index (χ3v) is 8.52. The van der Waals surface area contributed by atoms with Crippen LogP contribution in [0.3, 0.4) is 0 Å². The lowest BCUT2D eigenvalue weighted by Gasteiger charge is -2.54. The second kappa shape index (κ2) is 9.12. The fourth-order valence-electron chi connectivity index (χ4n) is 6.80. The molecule has 1 saturated carbocycles. The number of hydrogen-bond acceptors (Lipinski definition) is 7. The molecule has 0 aromatic rings. The standard InChI is InChI=1S/C28H37NO6/c1-7-11-29(12-8-2)14-17-16(3)35-21(15-34-6)28(5)23(17)26(33)25(32)22-18-9-10-20(31)27(18,4)13-19(30)24(22)28/h7-8,14,18-21,30-31,33H,1-3,9-13,15H2,4-6H3/b17-14+/t18-,19+,20?,21+,27-,28-/m0/s1. The molecule has 4 rings (SSSR count). The third kappa shape index (κ3) is 3.63. The van der Waals surface area contributed by atoms with Gasteiger partial charge in [0.2, 0.25) is 5.78 Å². The van der Waals surface area contributed by atoms with E-state index in [0.29, 0.717) is 60.4 Å². The predicted molar refractivity (Wildman–Crippen MR) is 133 cm³/mol. The minimum atomic E-state index is -1.04. The van der Waals surface area contributed by atoms with Gasteiger partial charge >= 0.3 is 0 Å². The van der Waals surface area contributed by atoms with Crippen molar-refractivity contribution in [1.29, 1.82) is 0 Å². The molecule has 0 bridgehead atoms. The van der Waals surface area contributed by atoms with Gasteiger partial charge in [-0.25, -0.2) is 0 Å². The SMILES string of the molecule is C=CCN(/C=C1\C(=C)O[C@H](COC)[C@@]2(C)C1=C(O)C(=O)C1=C2[C@H](O)C[C@]2(C)C(O)CC[C@@H]12)CC=C. The first-order valence-corrected chi connectivity index (χ1v) is 12.2. The lowest BCUT2D eigenvalue weighted by Crippen LogP contribution is -2.55. The maximum absolute atomic E-state index is 13.8. The summed E-state index contributed by atoms with van der Waals surface area (Å²) in [4.78, 5) is 15.7. The van der Waals surface area contributed by atoms with Gasteiger partial charge in [0.1, 0.15) is 11.9 Å². The summed E-state index contributed by atoms with van der Waals surface area (Å²) in [5.41, 5.74) is 0.176. The summed E-state index contributed by atoms with van der Waals surface area (Å²) in [6, 6.07) is 0. The molecule has 7 heteroatoms.